The minimum Gasteiger partial charge on any atom is -0.351 e. The second-order valence-corrected chi connectivity index (χ2v) is 7.40. The lowest BCUT2D eigenvalue weighted by Gasteiger charge is -2.10. The number of hydrogen-bond donors (Lipinski definition) is 2. The Kier molecular flexibility index (Phi) is 6.47. The van der Waals surface area contributed by atoms with Crippen molar-refractivity contribution < 1.29 is 4.79 Å². The van der Waals surface area contributed by atoms with Crippen LogP contribution in [0.1, 0.15) is 15.9 Å². The summed E-state index contributed by atoms with van der Waals surface area (Å²) in [6.07, 6.45) is 4.86. The van der Waals surface area contributed by atoms with Crippen molar-refractivity contribution in [3.05, 3.63) is 78.2 Å². The minimum atomic E-state index is -0.0905. The Labute approximate surface area is 185 Å². The van der Waals surface area contributed by atoms with Gasteiger partial charge in [0.15, 0.2) is 11.5 Å². The molecule has 4 aromatic rings. The molecule has 0 bridgehead atoms. The summed E-state index contributed by atoms with van der Waals surface area (Å²) in [7, 11) is 3.94. The van der Waals surface area contributed by atoms with Gasteiger partial charge in [-0.3, -0.25) is 10.2 Å². The molecule has 2 heterocycles. The minimum absolute atomic E-state index is 0.0905. The van der Waals surface area contributed by atoms with Crippen LogP contribution in [0.4, 0.5) is 5.82 Å². The van der Waals surface area contributed by atoms with E-state index in [1.165, 1.54) is 6.33 Å². The second kappa shape index (κ2) is 9.80. The molecule has 0 radical (unpaired) electrons. The first-order valence-corrected chi connectivity index (χ1v) is 10.2. The third-order valence-electron chi connectivity index (χ3n) is 4.77. The third kappa shape index (κ3) is 4.96. The summed E-state index contributed by atoms with van der Waals surface area (Å²) in [6, 6.07) is 17.0. The summed E-state index contributed by atoms with van der Waals surface area (Å²) in [5.41, 5.74) is 6.03. The zero-order chi connectivity index (χ0) is 22.3. The molecule has 1 amide bonds. The number of para-hydroxylation sites is 1. The molecule has 32 heavy (non-hydrogen) atoms. The first-order valence-electron chi connectivity index (χ1n) is 10.2. The molecule has 9 nitrogen and oxygen atoms in total. The van der Waals surface area contributed by atoms with E-state index in [9.17, 15) is 4.79 Å². The summed E-state index contributed by atoms with van der Waals surface area (Å²) in [6.45, 7) is 1.40. The summed E-state index contributed by atoms with van der Waals surface area (Å²) in [5.74, 6) is 0.470. The van der Waals surface area contributed by atoms with E-state index in [1.807, 2.05) is 61.5 Å². The van der Waals surface area contributed by atoms with Gasteiger partial charge in [0.1, 0.15) is 6.33 Å². The maximum atomic E-state index is 12.2. The zero-order valence-corrected chi connectivity index (χ0v) is 17.9. The monoisotopic (exact) mass is 428 g/mol. The number of likely N-dealkylation sites (N-methyl/N-ethyl adjacent to an activating group) is 1. The molecule has 9 heteroatoms. The van der Waals surface area contributed by atoms with E-state index in [1.54, 1.807) is 29.2 Å². The van der Waals surface area contributed by atoms with E-state index in [4.69, 9.17) is 0 Å². The van der Waals surface area contributed by atoms with Crippen molar-refractivity contribution in [3.8, 4) is 5.69 Å². The Bertz CT molecular complexity index is 1220. The highest BCUT2D eigenvalue weighted by Gasteiger charge is 2.10. The fraction of sp³-hybridized carbons (Fsp3) is 0.174. The lowest BCUT2D eigenvalue weighted by molar-refractivity contribution is 0.0951. The highest BCUT2D eigenvalue weighted by Crippen LogP contribution is 2.21. The van der Waals surface area contributed by atoms with Gasteiger partial charge in [-0.2, -0.15) is 10.2 Å². The van der Waals surface area contributed by atoms with E-state index < -0.39 is 0 Å². The van der Waals surface area contributed by atoms with Gasteiger partial charge < -0.3 is 10.2 Å². The number of benzene rings is 2. The van der Waals surface area contributed by atoms with E-state index in [0.29, 0.717) is 23.6 Å². The number of aromatic nitrogens is 4. The van der Waals surface area contributed by atoms with Gasteiger partial charge in [0.25, 0.3) is 5.91 Å². The number of hydrazone groups is 1. The Morgan fingerprint density at radius 3 is 2.62 bits per heavy atom. The number of carbonyl (C=O) groups is 1. The van der Waals surface area contributed by atoms with Crippen LogP contribution >= 0.6 is 0 Å². The summed E-state index contributed by atoms with van der Waals surface area (Å²) in [4.78, 5) is 22.8. The van der Waals surface area contributed by atoms with Crippen LogP contribution in [0.3, 0.4) is 0 Å². The molecule has 0 saturated carbocycles. The molecular weight excluding hydrogens is 404 g/mol. The molecule has 4 rings (SSSR count). The molecule has 0 saturated heterocycles. The van der Waals surface area contributed by atoms with E-state index >= 15 is 0 Å². The smallest absolute Gasteiger partial charge is 0.251 e. The van der Waals surface area contributed by atoms with Crippen LogP contribution in [-0.4, -0.2) is 64.0 Å². The summed E-state index contributed by atoms with van der Waals surface area (Å²) in [5, 5.41) is 12.4. The highest BCUT2D eigenvalue weighted by atomic mass is 16.1. The number of hydrogen-bond acceptors (Lipinski definition) is 7. The molecule has 0 spiro atoms. The van der Waals surface area contributed by atoms with Gasteiger partial charge in [-0.1, -0.05) is 30.3 Å². The van der Waals surface area contributed by atoms with Crippen molar-refractivity contribution in [2.75, 3.05) is 32.6 Å². The number of nitrogens with one attached hydrogen (secondary N) is 2. The lowest BCUT2D eigenvalue weighted by atomic mass is 10.1. The van der Waals surface area contributed by atoms with Crippen molar-refractivity contribution in [1.82, 2.24) is 30.0 Å². The largest absolute Gasteiger partial charge is 0.351 e. The van der Waals surface area contributed by atoms with E-state index in [0.717, 1.165) is 23.2 Å². The van der Waals surface area contributed by atoms with Crippen LogP contribution in [0.5, 0.6) is 0 Å². The first kappa shape index (κ1) is 21.1. The van der Waals surface area contributed by atoms with Gasteiger partial charge in [-0.05, 0) is 43.9 Å². The molecule has 2 aromatic heterocycles. The van der Waals surface area contributed by atoms with Gasteiger partial charge in [0.05, 0.1) is 23.5 Å². The van der Waals surface area contributed by atoms with Crippen LogP contribution in [-0.2, 0) is 0 Å². The number of anilines is 1. The van der Waals surface area contributed by atoms with Crippen LogP contribution in [0.2, 0.25) is 0 Å². The van der Waals surface area contributed by atoms with Gasteiger partial charge in [0, 0.05) is 18.7 Å². The molecular formula is C23H24N8O. The Balaban J connectivity index is 1.42. The molecule has 0 aliphatic heterocycles. The SMILES string of the molecule is CN(C)CCNC(=O)c1ccc(/C=N\Nc2ncnc3c2cnn3-c2ccccc2)cc1. The first-order chi connectivity index (χ1) is 15.6. The van der Waals surface area contributed by atoms with Gasteiger partial charge >= 0.3 is 0 Å². The Morgan fingerprint density at radius 2 is 1.88 bits per heavy atom. The standard InChI is InChI=1S/C23H24N8O/c1-30(2)13-12-24-23(32)18-10-8-17(9-11-18)14-27-29-21-20-15-28-31(22(20)26-16-25-21)19-6-4-3-5-7-19/h3-11,14-16H,12-13H2,1-2H3,(H,24,32)(H,25,26,29)/b27-14-. The molecule has 0 fully saturated rings. The highest BCUT2D eigenvalue weighted by molar-refractivity contribution is 5.95. The van der Waals surface area contributed by atoms with Gasteiger partial charge in [-0.25, -0.2) is 14.6 Å². The average molecular weight is 429 g/mol. The van der Waals surface area contributed by atoms with Crippen molar-refractivity contribution in [2.24, 2.45) is 5.10 Å². The van der Waals surface area contributed by atoms with Gasteiger partial charge in [0.2, 0.25) is 0 Å². The molecule has 0 aliphatic carbocycles. The van der Waals surface area contributed by atoms with Crippen LogP contribution in [0.15, 0.2) is 72.2 Å². The van der Waals surface area contributed by atoms with Crippen LogP contribution in [0, 0.1) is 0 Å². The maximum Gasteiger partial charge on any atom is 0.251 e. The average Bonchev–Trinajstić information content (AvgIpc) is 3.25. The summed E-state index contributed by atoms with van der Waals surface area (Å²) < 4.78 is 1.76. The Hall–Kier alpha value is -4.11. The van der Waals surface area contributed by atoms with Crippen molar-refractivity contribution >= 4 is 29.0 Å². The molecule has 2 N–H and O–H groups in total. The zero-order valence-electron chi connectivity index (χ0n) is 17.9. The van der Waals surface area contributed by atoms with Gasteiger partial charge in [-0.15, -0.1) is 0 Å². The van der Waals surface area contributed by atoms with Crippen LogP contribution < -0.4 is 10.7 Å². The van der Waals surface area contributed by atoms with Crippen molar-refractivity contribution in [2.45, 2.75) is 0 Å². The predicted molar refractivity (Wildman–Crippen MR) is 125 cm³/mol. The molecule has 0 atom stereocenters. The quantitative estimate of drug-likeness (QED) is 0.330. The number of amides is 1. The van der Waals surface area contributed by atoms with E-state index in [2.05, 4.69) is 30.9 Å². The lowest BCUT2D eigenvalue weighted by Crippen LogP contribution is -2.31. The summed E-state index contributed by atoms with van der Waals surface area (Å²) >= 11 is 0. The number of nitrogens with zero attached hydrogens (tertiary/aromatic N) is 6. The Morgan fingerprint density at radius 1 is 1.09 bits per heavy atom. The number of rotatable bonds is 8. The van der Waals surface area contributed by atoms with Crippen molar-refractivity contribution in [3.63, 3.8) is 0 Å². The number of fused-ring (bicyclic) bond motifs is 1. The molecule has 2 aromatic carbocycles. The van der Waals surface area contributed by atoms with Crippen molar-refractivity contribution in [1.29, 1.82) is 0 Å². The molecule has 0 aliphatic rings. The normalized spacial score (nSPS) is 11.3. The predicted octanol–water partition coefficient (Wildman–Crippen LogP) is 2.55. The van der Waals surface area contributed by atoms with Crippen LogP contribution in [0.25, 0.3) is 16.7 Å². The number of carbonyl (C=O) groups excluding carboxylic acids is 1. The third-order valence-corrected chi connectivity index (χ3v) is 4.77. The topological polar surface area (TPSA) is 100 Å². The van der Waals surface area contributed by atoms with E-state index in [-0.39, 0.29) is 5.91 Å². The maximum absolute atomic E-state index is 12.2. The molecule has 0 unspecified atom stereocenters. The fourth-order valence-electron chi connectivity index (χ4n) is 3.07. The fourth-order valence-corrected chi connectivity index (χ4v) is 3.07. The second-order valence-electron chi connectivity index (χ2n) is 7.40. The molecule has 162 valence electrons.